The predicted molar refractivity (Wildman–Crippen MR) is 108 cm³/mol. The Bertz CT molecular complexity index is 1100. The van der Waals surface area contributed by atoms with Crippen molar-refractivity contribution in [3.8, 4) is 5.82 Å². The van der Waals surface area contributed by atoms with E-state index in [1.165, 1.54) is 18.5 Å². The molecule has 0 fully saturated rings. The van der Waals surface area contributed by atoms with Crippen molar-refractivity contribution in [1.82, 2.24) is 24.2 Å². The van der Waals surface area contributed by atoms with Crippen LogP contribution in [-0.4, -0.2) is 41.0 Å². The summed E-state index contributed by atoms with van der Waals surface area (Å²) < 4.78 is 29.1. The van der Waals surface area contributed by atoms with Crippen molar-refractivity contribution in [3.63, 3.8) is 0 Å². The first-order chi connectivity index (χ1) is 13.3. The first-order valence-electron chi connectivity index (χ1n) is 8.60. The number of sulfonamides is 1. The van der Waals surface area contributed by atoms with Gasteiger partial charge in [-0.1, -0.05) is 17.7 Å². The number of nitrogens with one attached hydrogen (secondary N) is 2. The van der Waals surface area contributed by atoms with Crippen molar-refractivity contribution in [2.24, 2.45) is 0 Å². The largest absolute Gasteiger partial charge is 0.369 e. The van der Waals surface area contributed by atoms with Crippen LogP contribution in [0.15, 0.2) is 41.8 Å². The number of halogens is 1. The molecule has 0 spiro atoms. The number of aromatic nitrogens is 4. The molecule has 0 saturated carbocycles. The van der Waals surface area contributed by atoms with E-state index in [2.05, 4.69) is 25.0 Å². The van der Waals surface area contributed by atoms with E-state index in [1.807, 2.05) is 25.3 Å². The van der Waals surface area contributed by atoms with Crippen molar-refractivity contribution >= 4 is 27.4 Å². The van der Waals surface area contributed by atoms with Gasteiger partial charge < -0.3 is 5.32 Å². The van der Waals surface area contributed by atoms with E-state index >= 15 is 0 Å². The van der Waals surface area contributed by atoms with Gasteiger partial charge in [-0.15, -0.1) is 0 Å². The zero-order valence-corrected chi connectivity index (χ0v) is 17.3. The van der Waals surface area contributed by atoms with Crippen molar-refractivity contribution < 1.29 is 8.42 Å². The maximum Gasteiger partial charge on any atom is 0.240 e. The number of anilines is 1. The summed E-state index contributed by atoms with van der Waals surface area (Å²) in [5.41, 5.74) is 2.75. The van der Waals surface area contributed by atoms with Crippen LogP contribution in [0.1, 0.15) is 17.0 Å². The summed E-state index contributed by atoms with van der Waals surface area (Å²) >= 11 is 6.01. The maximum absolute atomic E-state index is 12.4. The standard InChI is InChI=1S/C18H21ClN6O2S/c1-12-4-5-15(8-16(12)19)28(26,27)24-7-6-20-17-9-18(22-10-21-17)25-11-23-13(2)14(25)3/h4-5,8-11,24H,6-7H2,1-3H3,(H,20,21,22). The van der Waals surface area contributed by atoms with Gasteiger partial charge in [0.25, 0.3) is 0 Å². The molecule has 8 nitrogen and oxygen atoms in total. The summed E-state index contributed by atoms with van der Waals surface area (Å²) in [6.07, 6.45) is 3.16. The van der Waals surface area contributed by atoms with Crippen LogP contribution in [0.4, 0.5) is 5.82 Å². The second kappa shape index (κ2) is 8.26. The first-order valence-corrected chi connectivity index (χ1v) is 10.5. The number of rotatable bonds is 7. The lowest BCUT2D eigenvalue weighted by atomic mass is 10.2. The Morgan fingerprint density at radius 2 is 1.86 bits per heavy atom. The van der Waals surface area contributed by atoms with E-state index in [9.17, 15) is 8.42 Å². The average Bonchev–Trinajstić information content (AvgIpc) is 3.00. The Morgan fingerprint density at radius 1 is 1.07 bits per heavy atom. The Kier molecular flexibility index (Phi) is 5.97. The minimum atomic E-state index is -3.63. The van der Waals surface area contributed by atoms with Gasteiger partial charge in [-0.05, 0) is 38.5 Å². The molecule has 0 radical (unpaired) electrons. The number of hydrogen-bond acceptors (Lipinski definition) is 6. The van der Waals surface area contributed by atoms with Crippen molar-refractivity contribution in [2.45, 2.75) is 25.7 Å². The zero-order chi connectivity index (χ0) is 20.3. The third-order valence-corrected chi connectivity index (χ3v) is 6.19. The van der Waals surface area contributed by atoms with Crippen LogP contribution in [-0.2, 0) is 10.0 Å². The van der Waals surface area contributed by atoms with E-state index < -0.39 is 10.0 Å². The Morgan fingerprint density at radius 3 is 2.54 bits per heavy atom. The SMILES string of the molecule is Cc1ccc(S(=O)(=O)NCCNc2cc(-n3cnc(C)c3C)ncn2)cc1Cl. The molecule has 0 bridgehead atoms. The van der Waals surface area contributed by atoms with E-state index in [-0.39, 0.29) is 11.4 Å². The van der Waals surface area contributed by atoms with Gasteiger partial charge in [-0.2, -0.15) is 0 Å². The molecule has 3 rings (SSSR count). The molecule has 3 aromatic rings. The van der Waals surface area contributed by atoms with E-state index in [0.29, 0.717) is 23.2 Å². The summed E-state index contributed by atoms with van der Waals surface area (Å²) in [6.45, 7) is 6.26. The van der Waals surface area contributed by atoms with Crippen LogP contribution >= 0.6 is 11.6 Å². The third-order valence-electron chi connectivity index (χ3n) is 4.33. The lowest BCUT2D eigenvalue weighted by Crippen LogP contribution is -2.29. The van der Waals surface area contributed by atoms with Gasteiger partial charge in [0.15, 0.2) is 0 Å². The molecule has 28 heavy (non-hydrogen) atoms. The van der Waals surface area contributed by atoms with Crippen molar-refractivity contribution in [1.29, 1.82) is 0 Å². The van der Waals surface area contributed by atoms with E-state index in [0.717, 1.165) is 17.0 Å². The highest BCUT2D eigenvalue weighted by molar-refractivity contribution is 7.89. The molecule has 1 aromatic carbocycles. The summed E-state index contributed by atoms with van der Waals surface area (Å²) in [6, 6.07) is 6.43. The molecule has 0 amide bonds. The molecule has 2 N–H and O–H groups in total. The van der Waals surface area contributed by atoms with Gasteiger partial charge in [-0.25, -0.2) is 28.1 Å². The third kappa shape index (κ3) is 4.49. The topological polar surface area (TPSA) is 102 Å². The Labute approximate surface area is 169 Å². The highest BCUT2D eigenvalue weighted by atomic mass is 35.5. The molecule has 2 aromatic heterocycles. The van der Waals surface area contributed by atoms with Gasteiger partial charge in [0.05, 0.1) is 10.6 Å². The first kappa shape index (κ1) is 20.2. The van der Waals surface area contributed by atoms with Gasteiger partial charge in [0, 0.05) is 29.9 Å². The van der Waals surface area contributed by atoms with Gasteiger partial charge >= 0.3 is 0 Å². The van der Waals surface area contributed by atoms with Crippen LogP contribution in [0.3, 0.4) is 0 Å². The Balaban J connectivity index is 1.60. The molecule has 0 atom stereocenters. The molecule has 0 unspecified atom stereocenters. The molecule has 10 heteroatoms. The van der Waals surface area contributed by atoms with Crippen LogP contribution < -0.4 is 10.0 Å². The molecule has 0 aliphatic carbocycles. The van der Waals surface area contributed by atoms with Crippen LogP contribution in [0, 0.1) is 20.8 Å². The maximum atomic E-state index is 12.4. The van der Waals surface area contributed by atoms with E-state index in [1.54, 1.807) is 18.5 Å². The molecule has 148 valence electrons. The molecular formula is C18H21ClN6O2S. The molecule has 2 heterocycles. The fraction of sp³-hybridized carbons (Fsp3) is 0.278. The molecule has 0 aliphatic heterocycles. The minimum Gasteiger partial charge on any atom is -0.369 e. The summed E-state index contributed by atoms with van der Waals surface area (Å²) in [5, 5.41) is 3.50. The van der Waals surface area contributed by atoms with Crippen LogP contribution in [0.5, 0.6) is 0 Å². The van der Waals surface area contributed by atoms with Gasteiger partial charge in [-0.3, -0.25) is 4.57 Å². The van der Waals surface area contributed by atoms with Crippen molar-refractivity contribution in [3.05, 3.63) is 58.9 Å². The second-order valence-electron chi connectivity index (χ2n) is 6.28. The number of nitrogens with zero attached hydrogens (tertiary/aromatic N) is 4. The summed E-state index contributed by atoms with van der Waals surface area (Å²) in [4.78, 5) is 12.8. The fourth-order valence-corrected chi connectivity index (χ4v) is 3.81. The quantitative estimate of drug-likeness (QED) is 0.570. The smallest absolute Gasteiger partial charge is 0.240 e. The lowest BCUT2D eigenvalue weighted by Gasteiger charge is -2.10. The normalized spacial score (nSPS) is 11.6. The molecular weight excluding hydrogens is 400 g/mol. The number of benzene rings is 1. The van der Waals surface area contributed by atoms with Gasteiger partial charge in [0.2, 0.25) is 10.0 Å². The monoisotopic (exact) mass is 420 g/mol. The van der Waals surface area contributed by atoms with Gasteiger partial charge in [0.1, 0.15) is 24.3 Å². The second-order valence-corrected chi connectivity index (χ2v) is 8.46. The number of hydrogen-bond donors (Lipinski definition) is 2. The lowest BCUT2D eigenvalue weighted by molar-refractivity contribution is 0.583. The molecule has 0 aliphatic rings. The van der Waals surface area contributed by atoms with E-state index in [4.69, 9.17) is 11.6 Å². The van der Waals surface area contributed by atoms with Crippen molar-refractivity contribution in [2.75, 3.05) is 18.4 Å². The van der Waals surface area contributed by atoms with Crippen LogP contribution in [0.2, 0.25) is 5.02 Å². The number of aryl methyl sites for hydroxylation is 2. The fourth-order valence-electron chi connectivity index (χ4n) is 2.51. The molecule has 0 saturated heterocycles. The number of imidazole rings is 1. The summed E-state index contributed by atoms with van der Waals surface area (Å²) in [7, 11) is -3.63. The minimum absolute atomic E-state index is 0.137. The highest BCUT2D eigenvalue weighted by Crippen LogP contribution is 2.19. The van der Waals surface area contributed by atoms with Crippen LogP contribution in [0.25, 0.3) is 5.82 Å². The highest BCUT2D eigenvalue weighted by Gasteiger charge is 2.14. The predicted octanol–water partition coefficient (Wildman–Crippen LogP) is 2.63. The summed E-state index contributed by atoms with van der Waals surface area (Å²) in [5.74, 6) is 1.28. The Hall–Kier alpha value is -2.49. The zero-order valence-electron chi connectivity index (χ0n) is 15.8. The average molecular weight is 421 g/mol.